The number of carbonyl (C=O) groups is 19. The number of hydrogen-bond donors (Lipinski definition) is 31. The molecule has 4 saturated heterocycles. The van der Waals surface area contributed by atoms with Crippen molar-refractivity contribution in [2.24, 2.45) is 5.73 Å². The topological polar surface area (TPSA) is 892 Å². The average Bonchev–Trinajstić information content (AvgIpc) is 0.836. The first kappa shape index (κ1) is 107. The van der Waals surface area contributed by atoms with E-state index in [9.17, 15) is 173 Å². The highest BCUT2D eigenvalue weighted by Crippen LogP contribution is 2.31. The SMILES string of the molecule is CC(=O)NCC(=O)N[C@@H](CCC(=O)O)C(=O)N[C@@H](CC(=O)N[C@@H]1O[C@H](CO[C@@H]2O[C@@H](C)[C@@H](O)[C@@H](O)[C@@H]2O)[C@@H](O[C@@H]2O[C@H](CO)[C@@H](O)[C@H](O)[C@H]2NC(C)=O)[C@H](O)[C@H]1NC(C)=O)C(=O)N[C@@H](CC(=O)O)C(=O)N[C@H](C(=O)N[C@@H](CO)C(=O)N[C@@H](CCC(N)=O)C(=O)N[C@H](C(=O)N[C@@H](CO)C(=O)N[C@@H](CO)C(=O)N1CCC[C@H]1C(=O)N[C@@H](CO)C(=O)O)C(C)O)C(C)O. The van der Waals surface area contributed by atoms with E-state index in [4.69, 9.17) is 29.4 Å². The first-order chi connectivity index (χ1) is 58.5. The average molecular weight is 1800 g/mol. The number of aliphatic hydroxyl groups excluding tert-OH is 13. The van der Waals surface area contributed by atoms with Crippen LogP contribution in [0.2, 0.25) is 0 Å². The van der Waals surface area contributed by atoms with Crippen molar-refractivity contribution in [3.05, 3.63) is 0 Å². The molecule has 0 aliphatic carbocycles. The summed E-state index contributed by atoms with van der Waals surface area (Å²) in [6, 6.07) is -26.9. The molecule has 56 nitrogen and oxygen atoms in total. The molecule has 56 heteroatoms. The van der Waals surface area contributed by atoms with Crippen LogP contribution in [0.25, 0.3) is 0 Å². The molecule has 4 aliphatic heterocycles. The lowest BCUT2D eigenvalue weighted by atomic mass is 9.93. The van der Waals surface area contributed by atoms with Crippen LogP contribution in [0.5, 0.6) is 0 Å². The quantitative estimate of drug-likeness (QED) is 0.0269. The molecule has 4 fully saturated rings. The summed E-state index contributed by atoms with van der Waals surface area (Å²) in [6.07, 6.45) is -35.2. The van der Waals surface area contributed by atoms with Gasteiger partial charge in [-0.1, -0.05) is 0 Å². The van der Waals surface area contributed by atoms with Crippen molar-refractivity contribution < 1.29 is 196 Å². The number of likely N-dealkylation sites (tertiary alicyclic amines) is 1. The van der Waals surface area contributed by atoms with E-state index >= 15 is 0 Å². The van der Waals surface area contributed by atoms with Crippen molar-refractivity contribution in [2.75, 3.05) is 52.7 Å². The second kappa shape index (κ2) is 50.4. The van der Waals surface area contributed by atoms with Crippen molar-refractivity contribution in [3.8, 4) is 0 Å². The number of carboxylic acid groups (broad SMARTS) is 3. The van der Waals surface area contributed by atoms with Gasteiger partial charge in [0.2, 0.25) is 94.5 Å². The monoisotopic (exact) mass is 1800 g/mol. The summed E-state index contributed by atoms with van der Waals surface area (Å²) >= 11 is 0. The number of primary amides is 1. The van der Waals surface area contributed by atoms with Crippen molar-refractivity contribution in [1.29, 1.82) is 0 Å². The Kier molecular flexibility index (Phi) is 42.9. The van der Waals surface area contributed by atoms with E-state index < -0.39 is 368 Å². The molecule has 0 aromatic heterocycles. The van der Waals surface area contributed by atoms with Gasteiger partial charge >= 0.3 is 17.9 Å². The number of ether oxygens (including phenoxy) is 5. The Morgan fingerprint density at radius 3 is 1.44 bits per heavy atom. The minimum Gasteiger partial charge on any atom is -0.481 e. The molecule has 0 saturated carbocycles. The maximum absolute atomic E-state index is 14.8. The highest BCUT2D eigenvalue weighted by Gasteiger charge is 2.54. The molecule has 0 radical (unpaired) electrons. The number of hydrogen-bond acceptors (Lipinski definition) is 37. The second-order valence-corrected chi connectivity index (χ2v) is 29.3. The molecule has 0 bridgehead atoms. The van der Waals surface area contributed by atoms with Crippen molar-refractivity contribution in [1.82, 2.24) is 79.3 Å². The fourth-order valence-electron chi connectivity index (χ4n) is 12.9. The maximum Gasteiger partial charge on any atom is 0.328 e. The second-order valence-electron chi connectivity index (χ2n) is 29.3. The minimum absolute atomic E-state index is 0.0334. The Balaban J connectivity index is 1.67. The molecule has 4 rings (SSSR count). The van der Waals surface area contributed by atoms with Crippen LogP contribution in [-0.4, -0.2) is 422 Å². The standard InChI is InChI=1S/C69H110N16O40/c1-23(91)45(63(116)79-34(18-87)61(114)80-35(19-88)66(118)85-13-7-8-37(85)62(115)81-36(20-89)67(119)120)83-57(110)30(9-11-40(70)96)75-60(113)33(17-86)78-64(117)46(24(2)92)84-59(112)32(15-44(101)102)77-58(111)31(76-56(109)29(10-12-43(99)100)74-42(98)16-71-26(4)93)14-41(97)82-65-47(72-27(5)94)52(106)55(39(123-65)22-121-69-54(108)53(107)49(103)25(3)122-69)125-68-48(73-28(6)95)51(105)50(104)38(21-90)124-68/h23-25,29-39,45-55,65,68-69,86-92,103-108H,7-22H2,1-6H3,(H2,70,96)(H,71,93)(H,72,94)(H,73,95)(H,74,98)(H,75,113)(H,76,109)(H,77,111)(H,78,117)(H,79,116)(H,80,114)(H,81,115)(H,82,97)(H,83,110)(H,84,112)(H,99,100)(H,101,102)(H,119,120)/t23?,24?,25-,29-,30-,31-,32-,33-,34-,35-,36-,37-,38+,39+,45-,46-,47+,48+,49+,50+,51+,52+,53+,54-,55+,65+,68-,69+/m0/s1. The van der Waals surface area contributed by atoms with Gasteiger partial charge in [0.15, 0.2) is 18.8 Å². The maximum atomic E-state index is 14.8. The summed E-state index contributed by atoms with van der Waals surface area (Å²) in [5.41, 5.74) is 5.31. The molecule has 125 heavy (non-hydrogen) atoms. The number of carbonyl (C=O) groups excluding carboxylic acids is 16. The highest BCUT2D eigenvalue weighted by atomic mass is 16.7. The number of aliphatic carboxylic acids is 3. The molecule has 0 aromatic rings. The van der Waals surface area contributed by atoms with Crippen molar-refractivity contribution >= 4 is 112 Å². The van der Waals surface area contributed by atoms with Gasteiger partial charge in [-0.05, 0) is 46.5 Å². The lowest BCUT2D eigenvalue weighted by molar-refractivity contribution is -0.329. The van der Waals surface area contributed by atoms with Crippen LogP contribution < -0.4 is 80.2 Å². The van der Waals surface area contributed by atoms with E-state index in [-0.39, 0.29) is 19.4 Å². The summed E-state index contributed by atoms with van der Waals surface area (Å²) in [5.74, 6) is -26.5. The number of amides is 16. The summed E-state index contributed by atoms with van der Waals surface area (Å²) in [6.45, 7) is -2.19. The molecule has 0 aromatic carbocycles. The van der Waals surface area contributed by atoms with Gasteiger partial charge in [0.05, 0.1) is 77.3 Å². The predicted molar refractivity (Wildman–Crippen MR) is 403 cm³/mol. The lowest BCUT2D eigenvalue weighted by Gasteiger charge is -2.49. The molecule has 0 spiro atoms. The van der Waals surface area contributed by atoms with Gasteiger partial charge in [-0.2, -0.15) is 0 Å². The predicted octanol–water partition coefficient (Wildman–Crippen LogP) is -19.3. The Bertz CT molecular complexity index is 3810. The molecular formula is C69H110N16O40. The van der Waals surface area contributed by atoms with E-state index in [1.165, 1.54) is 6.92 Å². The van der Waals surface area contributed by atoms with Crippen LogP contribution in [0.1, 0.15) is 92.9 Å². The summed E-state index contributed by atoms with van der Waals surface area (Å²) in [7, 11) is 0. The zero-order chi connectivity index (χ0) is 94.5. The zero-order valence-electron chi connectivity index (χ0n) is 68.0. The number of nitrogens with zero attached hydrogens (tertiary/aromatic N) is 1. The van der Waals surface area contributed by atoms with E-state index in [0.717, 1.165) is 39.5 Å². The lowest BCUT2D eigenvalue weighted by Crippen LogP contribution is -2.71. The Morgan fingerprint density at radius 1 is 0.464 bits per heavy atom. The number of rotatable bonds is 48. The van der Waals surface area contributed by atoms with Crippen LogP contribution in [0.3, 0.4) is 0 Å². The first-order valence-electron chi connectivity index (χ1n) is 38.6. The molecule has 32 N–H and O–H groups in total. The smallest absolute Gasteiger partial charge is 0.328 e. The van der Waals surface area contributed by atoms with E-state index in [0.29, 0.717) is 0 Å². The van der Waals surface area contributed by atoms with Gasteiger partial charge in [0, 0.05) is 40.2 Å². The van der Waals surface area contributed by atoms with Crippen molar-refractivity contribution in [2.45, 2.75) is 264 Å². The molecule has 16 amide bonds. The van der Waals surface area contributed by atoms with Gasteiger partial charge in [-0.15, -0.1) is 0 Å². The number of aliphatic hydroxyl groups is 13. The van der Waals surface area contributed by atoms with Gasteiger partial charge in [0.1, 0.15) is 133 Å². The molecule has 4 aliphatic rings. The van der Waals surface area contributed by atoms with Crippen LogP contribution in [0.4, 0.5) is 0 Å². The molecule has 2 unspecified atom stereocenters. The van der Waals surface area contributed by atoms with Gasteiger partial charge < -0.3 is 190 Å². The molecule has 4 heterocycles. The fraction of sp³-hybridized carbons (Fsp3) is 0.725. The normalized spacial score (nSPS) is 26.3. The minimum atomic E-state index is -2.53. The van der Waals surface area contributed by atoms with Crippen LogP contribution >= 0.6 is 0 Å². The number of nitrogens with two attached hydrogens (primary N) is 1. The van der Waals surface area contributed by atoms with Crippen LogP contribution in [-0.2, 0) is 115 Å². The number of carboxylic acids is 3. The largest absolute Gasteiger partial charge is 0.481 e. The van der Waals surface area contributed by atoms with Crippen molar-refractivity contribution in [3.63, 3.8) is 0 Å². The Hall–Kier alpha value is -10.8. The van der Waals surface area contributed by atoms with E-state index in [1.807, 2.05) is 42.5 Å². The van der Waals surface area contributed by atoms with E-state index in [1.54, 1.807) is 0 Å². The summed E-state index contributed by atoms with van der Waals surface area (Å²) < 4.78 is 29.2. The Labute approximate surface area is 708 Å². The molecular weight excluding hydrogens is 1690 g/mol. The molecule has 28 atom stereocenters. The van der Waals surface area contributed by atoms with Crippen LogP contribution in [0.15, 0.2) is 0 Å². The first-order valence-corrected chi connectivity index (χ1v) is 38.6. The third kappa shape index (κ3) is 32.0. The zero-order valence-corrected chi connectivity index (χ0v) is 68.0. The van der Waals surface area contributed by atoms with E-state index in [2.05, 4.69) is 31.9 Å². The molecule has 706 valence electrons. The third-order valence-electron chi connectivity index (χ3n) is 19.5. The number of nitrogens with one attached hydrogen (secondary N) is 14. The van der Waals surface area contributed by atoms with Crippen LogP contribution in [0, 0.1) is 0 Å². The Morgan fingerprint density at radius 2 is 0.944 bits per heavy atom. The van der Waals surface area contributed by atoms with Gasteiger partial charge in [-0.3, -0.25) is 86.3 Å². The fourth-order valence-corrected chi connectivity index (χ4v) is 12.9. The third-order valence-corrected chi connectivity index (χ3v) is 19.5. The summed E-state index contributed by atoms with van der Waals surface area (Å²) in [5, 5.41) is 196. The van der Waals surface area contributed by atoms with Gasteiger partial charge in [0.25, 0.3) is 0 Å². The summed E-state index contributed by atoms with van der Waals surface area (Å²) in [4.78, 5) is 253. The van der Waals surface area contributed by atoms with Gasteiger partial charge in [-0.25, -0.2) is 4.79 Å². The highest BCUT2D eigenvalue weighted by molar-refractivity contribution is 6.01.